The Morgan fingerprint density at radius 1 is 1.26 bits per heavy atom. The number of benzene rings is 1. The fourth-order valence-electron chi connectivity index (χ4n) is 2.52. The quantitative estimate of drug-likeness (QED) is 0.846. The molecule has 3 heteroatoms. The van der Waals surface area contributed by atoms with Crippen LogP contribution >= 0.6 is 0 Å². The molecule has 0 spiro atoms. The van der Waals surface area contributed by atoms with Gasteiger partial charge >= 0.3 is 0 Å². The molecule has 0 bridgehead atoms. The van der Waals surface area contributed by atoms with E-state index in [0.717, 1.165) is 36.0 Å². The fourth-order valence-corrected chi connectivity index (χ4v) is 2.52. The maximum absolute atomic E-state index is 12.2. The highest BCUT2D eigenvalue weighted by Gasteiger charge is 2.22. The molecule has 1 aliphatic heterocycles. The van der Waals surface area contributed by atoms with Gasteiger partial charge in [-0.25, -0.2) is 0 Å². The summed E-state index contributed by atoms with van der Waals surface area (Å²) in [5, 5.41) is 1.11. The van der Waals surface area contributed by atoms with Crippen molar-refractivity contribution in [1.29, 1.82) is 0 Å². The van der Waals surface area contributed by atoms with E-state index < -0.39 is 0 Å². The Morgan fingerprint density at radius 2 is 2.16 bits per heavy atom. The lowest BCUT2D eigenvalue weighted by atomic mass is 9.94. The third kappa shape index (κ3) is 2.82. The summed E-state index contributed by atoms with van der Waals surface area (Å²) in [5.74, 6) is 0.310. The number of ether oxygens (including phenoxy) is 1. The van der Waals surface area contributed by atoms with E-state index in [2.05, 4.69) is 4.98 Å². The van der Waals surface area contributed by atoms with Crippen LogP contribution in [0.1, 0.15) is 18.5 Å². The summed E-state index contributed by atoms with van der Waals surface area (Å²) in [4.78, 5) is 16.7. The van der Waals surface area contributed by atoms with Gasteiger partial charge in [0.1, 0.15) is 5.78 Å². The Hall–Kier alpha value is -1.74. The third-order valence-corrected chi connectivity index (χ3v) is 3.63. The minimum Gasteiger partial charge on any atom is -0.381 e. The smallest absolute Gasteiger partial charge is 0.144 e. The number of hydrogen-bond donors (Lipinski definition) is 0. The zero-order chi connectivity index (χ0) is 13.1. The lowest BCUT2D eigenvalue weighted by Gasteiger charge is -2.20. The largest absolute Gasteiger partial charge is 0.381 e. The normalized spacial score (nSPS) is 19.5. The number of fused-ring (bicyclic) bond motifs is 1. The van der Waals surface area contributed by atoms with Crippen LogP contribution < -0.4 is 0 Å². The van der Waals surface area contributed by atoms with Gasteiger partial charge in [0.15, 0.2) is 0 Å². The Morgan fingerprint density at radius 3 is 3.00 bits per heavy atom. The van der Waals surface area contributed by atoms with E-state index in [1.807, 2.05) is 36.4 Å². The van der Waals surface area contributed by atoms with Gasteiger partial charge < -0.3 is 4.74 Å². The molecule has 1 saturated heterocycles. The minimum atomic E-state index is 0.0574. The van der Waals surface area contributed by atoms with Gasteiger partial charge in [-0.05, 0) is 25.0 Å². The third-order valence-electron chi connectivity index (χ3n) is 3.63. The summed E-state index contributed by atoms with van der Waals surface area (Å²) in [6, 6.07) is 12.0. The van der Waals surface area contributed by atoms with Crippen LogP contribution in [0.25, 0.3) is 10.9 Å². The van der Waals surface area contributed by atoms with Crippen molar-refractivity contribution in [3.8, 4) is 0 Å². The van der Waals surface area contributed by atoms with E-state index in [4.69, 9.17) is 4.74 Å². The molecule has 1 aromatic carbocycles. The first kappa shape index (κ1) is 12.3. The number of hydrogen-bond acceptors (Lipinski definition) is 3. The molecule has 3 rings (SSSR count). The van der Waals surface area contributed by atoms with Crippen molar-refractivity contribution in [3.63, 3.8) is 0 Å². The number of Topliss-reactive ketones (excluding diaryl/α,β-unsaturated/α-hetero) is 1. The molecule has 98 valence electrons. The molecule has 0 aliphatic carbocycles. The lowest BCUT2D eigenvalue weighted by Crippen LogP contribution is -2.26. The SMILES string of the molecule is O=C(Cc1ccc2ccccc2n1)C1CCCOC1. The van der Waals surface area contributed by atoms with Crippen LogP contribution in [0, 0.1) is 5.92 Å². The zero-order valence-electron chi connectivity index (χ0n) is 10.8. The zero-order valence-corrected chi connectivity index (χ0v) is 10.8. The molecule has 3 nitrogen and oxygen atoms in total. The number of rotatable bonds is 3. The van der Waals surface area contributed by atoms with Crippen LogP contribution in [0.5, 0.6) is 0 Å². The molecular formula is C16H17NO2. The summed E-state index contributed by atoms with van der Waals surface area (Å²) < 4.78 is 5.37. The summed E-state index contributed by atoms with van der Waals surface area (Å²) in [5.41, 5.74) is 1.81. The second-order valence-corrected chi connectivity index (χ2v) is 5.05. The highest BCUT2D eigenvalue weighted by atomic mass is 16.5. The van der Waals surface area contributed by atoms with Crippen LogP contribution in [-0.2, 0) is 16.0 Å². The fraction of sp³-hybridized carbons (Fsp3) is 0.375. The van der Waals surface area contributed by atoms with Crippen molar-refractivity contribution in [2.24, 2.45) is 5.92 Å². The summed E-state index contributed by atoms with van der Waals surface area (Å²) in [7, 11) is 0. The number of carbonyl (C=O) groups is 1. The molecule has 0 saturated carbocycles. The van der Waals surface area contributed by atoms with Crippen molar-refractivity contribution < 1.29 is 9.53 Å². The van der Waals surface area contributed by atoms with Gasteiger partial charge in [-0.3, -0.25) is 9.78 Å². The minimum absolute atomic E-state index is 0.0574. The molecular weight excluding hydrogens is 238 g/mol. The Labute approximate surface area is 112 Å². The molecule has 0 radical (unpaired) electrons. The van der Waals surface area contributed by atoms with Crippen molar-refractivity contribution in [3.05, 3.63) is 42.1 Å². The second kappa shape index (κ2) is 5.49. The number of nitrogens with zero attached hydrogens (tertiary/aromatic N) is 1. The predicted molar refractivity (Wildman–Crippen MR) is 74.0 cm³/mol. The van der Waals surface area contributed by atoms with Gasteiger partial charge in [-0.2, -0.15) is 0 Å². The summed E-state index contributed by atoms with van der Waals surface area (Å²) in [6.07, 6.45) is 2.35. The van der Waals surface area contributed by atoms with Crippen LogP contribution in [0.2, 0.25) is 0 Å². The predicted octanol–water partition coefficient (Wildman–Crippen LogP) is 2.77. The molecule has 2 aromatic rings. The Balaban J connectivity index is 1.75. The van der Waals surface area contributed by atoms with Crippen LogP contribution in [-0.4, -0.2) is 24.0 Å². The van der Waals surface area contributed by atoms with E-state index in [1.165, 1.54) is 0 Å². The number of para-hydroxylation sites is 1. The maximum Gasteiger partial charge on any atom is 0.144 e. The number of ketones is 1. The topological polar surface area (TPSA) is 39.2 Å². The van der Waals surface area contributed by atoms with E-state index in [1.54, 1.807) is 0 Å². The molecule has 1 aromatic heterocycles. The Bertz CT molecular complexity index is 588. The molecule has 2 heterocycles. The van der Waals surface area contributed by atoms with Gasteiger partial charge in [-0.15, -0.1) is 0 Å². The average Bonchev–Trinajstić information content (AvgIpc) is 2.48. The van der Waals surface area contributed by atoms with E-state index in [9.17, 15) is 4.79 Å². The number of pyridine rings is 1. The second-order valence-electron chi connectivity index (χ2n) is 5.05. The molecule has 0 amide bonds. The molecule has 1 fully saturated rings. The van der Waals surface area contributed by atoms with Crippen molar-refractivity contribution in [1.82, 2.24) is 4.98 Å². The highest BCUT2D eigenvalue weighted by Crippen LogP contribution is 2.18. The van der Waals surface area contributed by atoms with Gasteiger partial charge in [0.25, 0.3) is 0 Å². The first-order valence-corrected chi connectivity index (χ1v) is 6.78. The van der Waals surface area contributed by atoms with Crippen molar-refractivity contribution in [2.75, 3.05) is 13.2 Å². The number of carbonyl (C=O) groups excluding carboxylic acids is 1. The number of aromatic nitrogens is 1. The van der Waals surface area contributed by atoms with Gasteiger partial charge in [0.05, 0.1) is 12.1 Å². The van der Waals surface area contributed by atoms with E-state index in [-0.39, 0.29) is 11.7 Å². The summed E-state index contributed by atoms with van der Waals surface area (Å²) in [6.45, 7) is 1.37. The first-order valence-electron chi connectivity index (χ1n) is 6.78. The van der Waals surface area contributed by atoms with E-state index >= 15 is 0 Å². The lowest BCUT2D eigenvalue weighted by molar-refractivity contribution is -0.126. The molecule has 1 aliphatic rings. The van der Waals surface area contributed by atoms with E-state index in [0.29, 0.717) is 13.0 Å². The standard InChI is InChI=1S/C16H17NO2/c18-16(13-5-3-9-19-11-13)10-14-8-7-12-4-1-2-6-15(12)17-14/h1-2,4,6-8,13H,3,5,9-11H2. The molecule has 19 heavy (non-hydrogen) atoms. The van der Waals surface area contributed by atoms with Crippen LogP contribution in [0.4, 0.5) is 0 Å². The average molecular weight is 255 g/mol. The summed E-state index contributed by atoms with van der Waals surface area (Å²) >= 11 is 0. The van der Waals surface area contributed by atoms with Crippen LogP contribution in [0.3, 0.4) is 0 Å². The van der Waals surface area contributed by atoms with Gasteiger partial charge in [0, 0.05) is 30.0 Å². The molecule has 1 unspecified atom stereocenters. The highest BCUT2D eigenvalue weighted by molar-refractivity contribution is 5.84. The monoisotopic (exact) mass is 255 g/mol. The van der Waals surface area contributed by atoms with Gasteiger partial charge in [-0.1, -0.05) is 24.3 Å². The Kier molecular flexibility index (Phi) is 3.56. The van der Waals surface area contributed by atoms with Crippen LogP contribution in [0.15, 0.2) is 36.4 Å². The first-order chi connectivity index (χ1) is 9.33. The maximum atomic E-state index is 12.2. The van der Waals surface area contributed by atoms with Crippen molar-refractivity contribution >= 4 is 16.7 Å². The molecule has 1 atom stereocenters. The van der Waals surface area contributed by atoms with Crippen molar-refractivity contribution in [2.45, 2.75) is 19.3 Å². The molecule has 0 N–H and O–H groups in total. The van der Waals surface area contributed by atoms with Gasteiger partial charge in [0.2, 0.25) is 0 Å².